The molecule has 0 fully saturated rings. The summed E-state index contributed by atoms with van der Waals surface area (Å²) >= 11 is 0. The molecular formula is C27H49BF3O2+. The second kappa shape index (κ2) is 30.0. The van der Waals surface area contributed by atoms with Gasteiger partial charge in [0.1, 0.15) is 0 Å². The first-order valence-electron chi connectivity index (χ1n) is 11.4. The van der Waals surface area contributed by atoms with E-state index < -0.39 is 6.98 Å². The minimum atomic E-state index is -4.50. The van der Waals surface area contributed by atoms with E-state index in [0.717, 1.165) is 6.42 Å². The van der Waals surface area contributed by atoms with Gasteiger partial charge in [-0.2, -0.15) is 0 Å². The molecule has 0 amide bonds. The summed E-state index contributed by atoms with van der Waals surface area (Å²) in [5.41, 5.74) is 2.40. The Morgan fingerprint density at radius 1 is 0.697 bits per heavy atom. The van der Waals surface area contributed by atoms with Crippen molar-refractivity contribution in [3.05, 3.63) is 86.6 Å². The van der Waals surface area contributed by atoms with E-state index in [1.807, 2.05) is 77.9 Å². The van der Waals surface area contributed by atoms with Crippen LogP contribution in [-0.2, 0) is 22.7 Å². The molecule has 33 heavy (non-hydrogen) atoms. The summed E-state index contributed by atoms with van der Waals surface area (Å²) in [5.74, 6) is 0. The Morgan fingerprint density at radius 2 is 1.03 bits per heavy atom. The molecule has 6 heteroatoms. The molecule has 0 N–H and O–H groups in total. The molecule has 0 aliphatic heterocycles. The first-order valence-corrected chi connectivity index (χ1v) is 11.4. The van der Waals surface area contributed by atoms with E-state index in [1.165, 1.54) is 11.1 Å². The quantitative estimate of drug-likeness (QED) is 0.281. The minimum absolute atomic E-state index is 0. The van der Waals surface area contributed by atoms with Crippen molar-refractivity contribution in [1.82, 2.24) is 0 Å². The van der Waals surface area contributed by atoms with Crippen molar-refractivity contribution in [2.75, 3.05) is 6.61 Å². The lowest BCUT2D eigenvalue weighted by Gasteiger charge is -2.16. The fourth-order valence-corrected chi connectivity index (χ4v) is 1.95. The first kappa shape index (κ1) is 41.2. The Kier molecular flexibility index (Phi) is 37.4. The summed E-state index contributed by atoms with van der Waals surface area (Å²) in [5, 5.41) is 0. The third-order valence-electron chi connectivity index (χ3n) is 3.20. The monoisotopic (exact) mass is 473 g/mol. The van der Waals surface area contributed by atoms with Gasteiger partial charge >= 0.3 is 6.98 Å². The minimum Gasteiger partial charge on any atom is -0.449 e. The van der Waals surface area contributed by atoms with Gasteiger partial charge in [-0.1, -0.05) is 116 Å². The molecule has 0 spiro atoms. The molecule has 1 atom stereocenters. The fourth-order valence-electron chi connectivity index (χ4n) is 1.95. The molecule has 2 rings (SSSR count). The SMILES string of the molecule is CC.CC.CC.CCC(COCc1ccccc1)OCc1ccccc1.C[B-](F)(F)F.[CH3+].[CH3+]. The van der Waals surface area contributed by atoms with Gasteiger partial charge in [0.2, 0.25) is 0 Å². The number of rotatable bonds is 8. The van der Waals surface area contributed by atoms with Crippen LogP contribution in [0.1, 0.15) is 66.0 Å². The maximum Gasteiger partial charge on any atom is 0.475 e. The van der Waals surface area contributed by atoms with Crippen molar-refractivity contribution >= 4 is 6.98 Å². The number of benzene rings is 2. The maximum atomic E-state index is 10.4. The fraction of sp³-hybridized carbons (Fsp3) is 0.481. The van der Waals surface area contributed by atoms with Gasteiger partial charge in [-0.05, 0) is 17.5 Å². The second-order valence-electron chi connectivity index (χ2n) is 5.73. The van der Waals surface area contributed by atoms with E-state index in [-0.39, 0.29) is 27.8 Å². The molecule has 2 aromatic carbocycles. The first-order chi connectivity index (χ1) is 14.9. The van der Waals surface area contributed by atoms with Crippen LogP contribution in [0.2, 0.25) is 6.82 Å². The summed E-state index contributed by atoms with van der Waals surface area (Å²) in [6, 6.07) is 20.5. The van der Waals surface area contributed by atoms with Crippen LogP contribution in [-0.4, -0.2) is 19.7 Å². The normalized spacial score (nSPS) is 9.79. The van der Waals surface area contributed by atoms with Gasteiger partial charge in [-0.3, -0.25) is 0 Å². The molecule has 2 aromatic rings. The Labute approximate surface area is 204 Å². The van der Waals surface area contributed by atoms with Crippen molar-refractivity contribution in [3.8, 4) is 0 Å². The molecule has 0 radical (unpaired) electrons. The number of hydrogen-bond donors (Lipinski definition) is 0. The van der Waals surface area contributed by atoms with E-state index in [9.17, 15) is 12.9 Å². The van der Waals surface area contributed by atoms with Gasteiger partial charge in [-0.25, -0.2) is 0 Å². The highest BCUT2D eigenvalue weighted by molar-refractivity contribution is 6.56. The van der Waals surface area contributed by atoms with E-state index in [4.69, 9.17) is 9.47 Å². The highest BCUT2D eigenvalue weighted by Crippen LogP contribution is 2.08. The van der Waals surface area contributed by atoms with Crippen LogP contribution in [0.15, 0.2) is 60.7 Å². The molecule has 0 aromatic heterocycles. The maximum absolute atomic E-state index is 10.4. The van der Waals surface area contributed by atoms with Crippen molar-refractivity contribution in [2.45, 2.75) is 81.0 Å². The average Bonchev–Trinajstić information content (AvgIpc) is 2.80. The lowest BCUT2D eigenvalue weighted by molar-refractivity contribution is -0.0309. The van der Waals surface area contributed by atoms with Gasteiger partial charge < -0.3 is 22.4 Å². The van der Waals surface area contributed by atoms with Gasteiger partial charge in [0, 0.05) is 14.9 Å². The van der Waals surface area contributed by atoms with Crippen LogP contribution in [0.25, 0.3) is 0 Å². The molecular weight excluding hydrogens is 424 g/mol. The Bertz CT molecular complexity index is 559. The van der Waals surface area contributed by atoms with Gasteiger partial charge in [0.25, 0.3) is 0 Å². The summed E-state index contributed by atoms with van der Waals surface area (Å²) in [4.78, 5) is 0. The second-order valence-corrected chi connectivity index (χ2v) is 5.73. The third kappa shape index (κ3) is 32.2. The molecule has 0 aliphatic rings. The summed E-state index contributed by atoms with van der Waals surface area (Å²) in [6.45, 7) is 11.8. The van der Waals surface area contributed by atoms with Crippen LogP contribution in [0.4, 0.5) is 12.9 Å². The van der Waals surface area contributed by atoms with Gasteiger partial charge in [0.15, 0.2) is 0 Å². The Morgan fingerprint density at radius 3 is 1.36 bits per heavy atom. The third-order valence-corrected chi connectivity index (χ3v) is 3.20. The van der Waals surface area contributed by atoms with E-state index in [0.29, 0.717) is 19.8 Å². The zero-order valence-corrected chi connectivity index (χ0v) is 22.7. The average molecular weight is 473 g/mol. The van der Waals surface area contributed by atoms with Crippen molar-refractivity contribution in [2.24, 2.45) is 0 Å². The number of ether oxygens (including phenoxy) is 2. The van der Waals surface area contributed by atoms with Crippen LogP contribution in [0.5, 0.6) is 0 Å². The van der Waals surface area contributed by atoms with Crippen LogP contribution in [0.3, 0.4) is 0 Å². The van der Waals surface area contributed by atoms with Gasteiger partial charge in [-0.15, -0.1) is 0 Å². The van der Waals surface area contributed by atoms with Crippen molar-refractivity contribution in [3.63, 3.8) is 0 Å². The Hall–Kier alpha value is -2.05. The zero-order valence-electron chi connectivity index (χ0n) is 22.7. The topological polar surface area (TPSA) is 18.5 Å². The number of hydrogen-bond acceptors (Lipinski definition) is 2. The van der Waals surface area contributed by atoms with Crippen LogP contribution < -0.4 is 0 Å². The van der Waals surface area contributed by atoms with Gasteiger partial charge in [0.05, 0.1) is 25.9 Å². The van der Waals surface area contributed by atoms with E-state index in [1.54, 1.807) is 0 Å². The lowest BCUT2D eigenvalue weighted by Crippen LogP contribution is -2.18. The van der Waals surface area contributed by atoms with Crippen molar-refractivity contribution < 1.29 is 22.4 Å². The number of halogens is 3. The van der Waals surface area contributed by atoms with Crippen molar-refractivity contribution in [1.29, 1.82) is 0 Å². The molecule has 0 heterocycles. The molecule has 0 saturated heterocycles. The van der Waals surface area contributed by atoms with E-state index in [2.05, 4.69) is 31.2 Å². The standard InChI is InChI=1S/C18H22O2.3C2H6.CH3BF3.2CH3/c1-2-18(20-14-17-11-7-4-8-12-17)15-19-13-16-9-5-3-6-10-16;3*1-2;1-2(3,4)5;;/h3-12,18H,2,13-15H2,1H3;3*1-2H3;1H3;2*1H3/q;;;;-1;2*+1. The molecule has 192 valence electrons. The largest absolute Gasteiger partial charge is 0.475 e. The molecule has 0 aliphatic carbocycles. The smallest absolute Gasteiger partial charge is 0.449 e. The highest BCUT2D eigenvalue weighted by atomic mass is 19.4. The summed E-state index contributed by atoms with van der Waals surface area (Å²) < 4.78 is 42.9. The predicted molar refractivity (Wildman–Crippen MR) is 143 cm³/mol. The highest BCUT2D eigenvalue weighted by Gasteiger charge is 2.11. The summed E-state index contributed by atoms with van der Waals surface area (Å²) in [7, 11) is 0. The molecule has 1 unspecified atom stereocenters. The van der Waals surface area contributed by atoms with Crippen LogP contribution in [0, 0.1) is 14.9 Å². The lowest BCUT2D eigenvalue weighted by atomic mass is 9.99. The van der Waals surface area contributed by atoms with E-state index >= 15 is 0 Å². The molecule has 0 bridgehead atoms. The summed E-state index contributed by atoms with van der Waals surface area (Å²) in [6.07, 6.45) is 1.11. The predicted octanol–water partition coefficient (Wildman–Crippen LogP) is 9.64. The molecule has 0 saturated carbocycles. The molecule has 2 nitrogen and oxygen atoms in total. The van der Waals surface area contributed by atoms with Crippen LogP contribution >= 0.6 is 0 Å². The Balaban J connectivity index is -0.000000173. The zero-order chi connectivity index (χ0) is 24.5.